The van der Waals surface area contributed by atoms with Crippen molar-refractivity contribution in [2.75, 3.05) is 37.6 Å². The van der Waals surface area contributed by atoms with Crippen molar-refractivity contribution in [1.29, 1.82) is 0 Å². The normalized spacial score (nSPS) is 14.9. The van der Waals surface area contributed by atoms with Crippen LogP contribution in [0.4, 0.5) is 5.82 Å². The van der Waals surface area contributed by atoms with Gasteiger partial charge in [0.2, 0.25) is 5.78 Å². The number of H-pyrrole nitrogens is 1. The number of pyridine rings is 1. The van der Waals surface area contributed by atoms with Crippen molar-refractivity contribution in [3.63, 3.8) is 0 Å². The molecule has 1 fully saturated rings. The molecule has 1 saturated heterocycles. The lowest BCUT2D eigenvalue weighted by atomic mass is 10.1. The van der Waals surface area contributed by atoms with Crippen molar-refractivity contribution >= 4 is 11.6 Å². The van der Waals surface area contributed by atoms with Crippen LogP contribution in [0.3, 0.4) is 0 Å². The van der Waals surface area contributed by atoms with Crippen LogP contribution in [0, 0.1) is 13.8 Å². The van der Waals surface area contributed by atoms with E-state index in [9.17, 15) is 4.79 Å². The van der Waals surface area contributed by atoms with E-state index < -0.39 is 0 Å². The molecule has 0 amide bonds. The van der Waals surface area contributed by atoms with Gasteiger partial charge in [0.15, 0.2) is 0 Å². The molecule has 1 aromatic carbocycles. The number of carbonyl (C=O) groups excluding carboxylic acids is 1. The first-order valence-corrected chi connectivity index (χ1v) is 10.4. The Balaban J connectivity index is 1.39. The summed E-state index contributed by atoms with van der Waals surface area (Å²) >= 11 is 0. The quantitative estimate of drug-likeness (QED) is 0.649. The van der Waals surface area contributed by atoms with Gasteiger partial charge in [-0.2, -0.15) is 0 Å². The second kappa shape index (κ2) is 8.62. The lowest BCUT2D eigenvalue weighted by Gasteiger charge is -2.27. The van der Waals surface area contributed by atoms with Crippen LogP contribution in [0.1, 0.15) is 27.3 Å². The molecule has 150 valence electrons. The number of ketones is 1. The van der Waals surface area contributed by atoms with Crippen LogP contribution in [0.15, 0.2) is 60.8 Å². The minimum absolute atomic E-state index is 0.257. The first-order chi connectivity index (χ1) is 14.1. The first-order valence-electron chi connectivity index (χ1n) is 10.4. The van der Waals surface area contributed by atoms with Crippen LogP contribution >= 0.6 is 0 Å². The number of nitrogens with one attached hydrogen (secondary N) is 2. The van der Waals surface area contributed by atoms with E-state index in [1.165, 1.54) is 10.5 Å². The second-order valence-corrected chi connectivity index (χ2v) is 7.94. The van der Waals surface area contributed by atoms with Crippen LogP contribution in [-0.4, -0.2) is 43.1 Å². The van der Waals surface area contributed by atoms with Gasteiger partial charge in [0, 0.05) is 29.6 Å². The highest BCUT2D eigenvalue weighted by molar-refractivity contribution is 5.98. The molecule has 29 heavy (non-hydrogen) atoms. The Morgan fingerprint density at radius 1 is 1.03 bits per heavy atom. The molecule has 0 saturated carbocycles. The fourth-order valence-corrected chi connectivity index (χ4v) is 4.24. The predicted octanol–water partition coefficient (Wildman–Crippen LogP) is 1.56. The zero-order valence-electron chi connectivity index (χ0n) is 17.3. The summed E-state index contributed by atoms with van der Waals surface area (Å²) < 4.78 is 2.25. The Morgan fingerprint density at radius 2 is 1.76 bits per heavy atom. The average molecular weight is 391 g/mol. The molecule has 3 heterocycles. The van der Waals surface area contributed by atoms with Crippen LogP contribution in [-0.2, 0) is 6.54 Å². The van der Waals surface area contributed by atoms with Gasteiger partial charge in [-0.25, -0.2) is 4.98 Å². The number of anilines is 1. The Kier molecular flexibility index (Phi) is 5.76. The van der Waals surface area contributed by atoms with Gasteiger partial charge in [-0.15, -0.1) is 0 Å². The van der Waals surface area contributed by atoms with Gasteiger partial charge >= 0.3 is 0 Å². The van der Waals surface area contributed by atoms with Crippen LogP contribution in [0.25, 0.3) is 0 Å². The molecular formula is C24H30N4O+2. The predicted molar refractivity (Wildman–Crippen MR) is 115 cm³/mol. The van der Waals surface area contributed by atoms with Crippen molar-refractivity contribution < 1.29 is 14.7 Å². The molecule has 2 aromatic heterocycles. The summed E-state index contributed by atoms with van der Waals surface area (Å²) in [6.07, 6.45) is 1.96. The fraction of sp³-hybridized carbons (Fsp3) is 0.333. The number of Topliss-reactive ketones (excluding diaryl/α,β-unsaturated/α-hetero) is 1. The van der Waals surface area contributed by atoms with Gasteiger partial charge in [-0.1, -0.05) is 36.4 Å². The van der Waals surface area contributed by atoms with E-state index in [1.807, 2.05) is 18.3 Å². The number of carbonyl (C=O) groups is 1. The van der Waals surface area contributed by atoms with Crippen molar-refractivity contribution in [2.45, 2.75) is 20.4 Å². The van der Waals surface area contributed by atoms with E-state index in [1.54, 1.807) is 0 Å². The van der Waals surface area contributed by atoms with Crippen LogP contribution in [0.5, 0.6) is 0 Å². The Morgan fingerprint density at radius 3 is 2.45 bits per heavy atom. The number of aryl methyl sites for hydroxylation is 1. The lowest BCUT2D eigenvalue weighted by Crippen LogP contribution is -3.15. The summed E-state index contributed by atoms with van der Waals surface area (Å²) in [7, 11) is 0. The number of rotatable bonds is 6. The molecule has 5 heteroatoms. The summed E-state index contributed by atoms with van der Waals surface area (Å²) in [5.74, 6) is 1.41. The summed E-state index contributed by atoms with van der Waals surface area (Å²) in [6.45, 7) is 9.45. The third-order valence-electron chi connectivity index (χ3n) is 5.97. The van der Waals surface area contributed by atoms with Gasteiger partial charge in [0.1, 0.15) is 32.7 Å². The second-order valence-electron chi connectivity index (χ2n) is 7.94. The molecule has 0 radical (unpaired) electrons. The molecule has 0 unspecified atom stereocenters. The number of hydrogen-bond donors (Lipinski definition) is 1. The molecule has 0 aliphatic carbocycles. The fourth-order valence-electron chi connectivity index (χ4n) is 4.24. The highest BCUT2D eigenvalue weighted by Crippen LogP contribution is 2.17. The van der Waals surface area contributed by atoms with E-state index in [2.05, 4.69) is 70.8 Å². The minimum atomic E-state index is 0.257. The SMILES string of the molecule is Cc1cc(C(=O)C[NH+]2CCN(c3cccc[nH+]3)CC2)c(C)n1Cc1ccccc1. The molecule has 1 aliphatic heterocycles. The maximum absolute atomic E-state index is 13.0. The smallest absolute Gasteiger partial charge is 0.274 e. The molecule has 1 aliphatic rings. The maximum Gasteiger partial charge on any atom is 0.274 e. The number of hydrogen-bond acceptors (Lipinski definition) is 2. The summed E-state index contributed by atoms with van der Waals surface area (Å²) in [5.41, 5.74) is 4.36. The highest BCUT2D eigenvalue weighted by Gasteiger charge is 2.28. The monoisotopic (exact) mass is 390 g/mol. The van der Waals surface area contributed by atoms with E-state index in [0.717, 1.165) is 55.5 Å². The molecule has 0 spiro atoms. The van der Waals surface area contributed by atoms with Crippen molar-refractivity contribution in [3.05, 3.63) is 83.3 Å². The number of quaternary nitrogens is 1. The molecule has 3 aromatic rings. The molecule has 2 N–H and O–H groups in total. The third kappa shape index (κ3) is 4.40. The Hall–Kier alpha value is -2.92. The van der Waals surface area contributed by atoms with Gasteiger partial charge in [0.05, 0.1) is 6.20 Å². The van der Waals surface area contributed by atoms with Crippen LogP contribution in [0.2, 0.25) is 0 Å². The van der Waals surface area contributed by atoms with E-state index in [4.69, 9.17) is 0 Å². The average Bonchev–Trinajstić information content (AvgIpc) is 3.04. The summed E-state index contributed by atoms with van der Waals surface area (Å²) in [6, 6.07) is 18.6. The van der Waals surface area contributed by atoms with Crippen molar-refractivity contribution in [3.8, 4) is 0 Å². The van der Waals surface area contributed by atoms with Gasteiger partial charge in [-0.05, 0) is 31.5 Å². The number of nitrogens with zero attached hydrogens (tertiary/aromatic N) is 2. The van der Waals surface area contributed by atoms with Crippen molar-refractivity contribution in [1.82, 2.24) is 4.57 Å². The van der Waals surface area contributed by atoms with E-state index >= 15 is 0 Å². The Bertz CT molecular complexity index is 957. The standard InChI is InChI=1S/C24H28N4O/c1-19-16-22(20(2)28(19)17-21-8-4-3-5-9-21)23(29)18-26-12-14-27(15-13-26)24-10-6-7-11-25-24/h3-11,16H,12-15,17-18H2,1-2H3/p+2. The van der Waals surface area contributed by atoms with Gasteiger partial charge in [-0.3, -0.25) is 9.69 Å². The molecule has 0 bridgehead atoms. The number of aromatic amines is 1. The zero-order valence-corrected chi connectivity index (χ0v) is 17.3. The number of aromatic nitrogens is 2. The third-order valence-corrected chi connectivity index (χ3v) is 5.97. The topological polar surface area (TPSA) is 43.8 Å². The first kappa shape index (κ1) is 19.4. The lowest BCUT2D eigenvalue weighted by molar-refractivity contribution is -0.892. The van der Waals surface area contributed by atoms with Gasteiger partial charge in [0.25, 0.3) is 5.82 Å². The van der Waals surface area contributed by atoms with Crippen molar-refractivity contribution in [2.24, 2.45) is 0 Å². The Labute approximate surface area is 172 Å². The summed E-state index contributed by atoms with van der Waals surface area (Å²) in [4.78, 5) is 20.1. The maximum atomic E-state index is 13.0. The zero-order chi connectivity index (χ0) is 20.2. The largest absolute Gasteiger partial charge is 0.344 e. The molecule has 5 nitrogen and oxygen atoms in total. The van der Waals surface area contributed by atoms with Gasteiger partial charge < -0.3 is 9.47 Å². The minimum Gasteiger partial charge on any atom is -0.344 e. The number of piperazine rings is 1. The molecule has 4 rings (SSSR count). The van der Waals surface area contributed by atoms with E-state index in [0.29, 0.717) is 6.54 Å². The highest BCUT2D eigenvalue weighted by atomic mass is 16.1. The van der Waals surface area contributed by atoms with E-state index in [-0.39, 0.29) is 5.78 Å². The molecule has 0 atom stereocenters. The summed E-state index contributed by atoms with van der Waals surface area (Å²) in [5, 5.41) is 0. The van der Waals surface area contributed by atoms with Crippen LogP contribution < -0.4 is 14.8 Å². The molecular weight excluding hydrogens is 360 g/mol. The number of benzene rings is 1.